The largest absolute Gasteiger partial charge is 0.455 e. The number of ether oxygens (including phenoxy) is 3. The zero-order valence-electron chi connectivity index (χ0n) is 18.0. The van der Waals surface area contributed by atoms with Crippen LogP contribution in [0.3, 0.4) is 0 Å². The van der Waals surface area contributed by atoms with E-state index >= 15 is 0 Å². The highest BCUT2D eigenvalue weighted by Gasteiger charge is 2.50. The Balaban J connectivity index is 1.74. The predicted molar refractivity (Wildman–Crippen MR) is 119 cm³/mol. The molecule has 0 amide bonds. The van der Waals surface area contributed by atoms with Crippen molar-refractivity contribution >= 4 is 46.2 Å². The first-order chi connectivity index (χ1) is 15.8. The summed E-state index contributed by atoms with van der Waals surface area (Å²) >= 11 is 6.22. The summed E-state index contributed by atoms with van der Waals surface area (Å²) in [7, 11) is 0. The van der Waals surface area contributed by atoms with Gasteiger partial charge in [0.2, 0.25) is 0 Å². The van der Waals surface area contributed by atoms with Crippen LogP contribution in [0.5, 0.6) is 0 Å². The van der Waals surface area contributed by atoms with Gasteiger partial charge in [0.25, 0.3) is 0 Å². The van der Waals surface area contributed by atoms with Crippen LogP contribution in [-0.2, 0) is 23.8 Å². The SMILES string of the molecule is C#CC1OC(n2cnc3c(Nc4cccc(Cl)c4C)ncnc32)C(OC(C)=O)C1OC(C)=O. The van der Waals surface area contributed by atoms with E-state index in [2.05, 4.69) is 26.2 Å². The number of aromatic nitrogens is 4. The molecular formula is C22H20ClN5O5. The molecule has 0 bridgehead atoms. The number of anilines is 2. The van der Waals surface area contributed by atoms with Crippen LogP contribution in [0, 0.1) is 19.3 Å². The topological polar surface area (TPSA) is 117 Å². The second kappa shape index (κ2) is 9.05. The van der Waals surface area contributed by atoms with Gasteiger partial charge >= 0.3 is 11.9 Å². The minimum absolute atomic E-state index is 0.397. The van der Waals surface area contributed by atoms with Crippen molar-refractivity contribution < 1.29 is 23.8 Å². The van der Waals surface area contributed by atoms with Gasteiger partial charge in [0.1, 0.15) is 6.33 Å². The normalized spacial score (nSPS) is 22.0. The highest BCUT2D eigenvalue weighted by atomic mass is 35.5. The van der Waals surface area contributed by atoms with Crippen molar-refractivity contribution in [1.82, 2.24) is 19.5 Å². The highest BCUT2D eigenvalue weighted by molar-refractivity contribution is 6.31. The van der Waals surface area contributed by atoms with Crippen LogP contribution in [0.25, 0.3) is 11.2 Å². The fourth-order valence-electron chi connectivity index (χ4n) is 3.64. The van der Waals surface area contributed by atoms with Gasteiger partial charge in [-0.05, 0) is 24.6 Å². The zero-order valence-corrected chi connectivity index (χ0v) is 18.7. The standard InChI is InChI=1S/C22H20ClN5O5/c1-5-16-18(31-12(3)29)19(32-13(4)30)22(33-16)28-10-26-17-20(24-9-25-21(17)28)27-15-8-6-7-14(23)11(15)2/h1,6-10,16,18-19,22H,2-4H3,(H,24,25,27). The van der Waals surface area contributed by atoms with Gasteiger partial charge < -0.3 is 19.5 Å². The summed E-state index contributed by atoms with van der Waals surface area (Å²) in [6, 6.07) is 5.48. The second-order valence-corrected chi connectivity index (χ2v) is 7.75. The summed E-state index contributed by atoms with van der Waals surface area (Å²) in [5.41, 5.74) is 2.44. The van der Waals surface area contributed by atoms with Crippen molar-refractivity contribution in [3.8, 4) is 12.3 Å². The number of carbonyl (C=O) groups excluding carboxylic acids is 2. The van der Waals surface area contributed by atoms with E-state index in [9.17, 15) is 9.59 Å². The van der Waals surface area contributed by atoms with E-state index in [4.69, 9.17) is 32.2 Å². The number of carbonyl (C=O) groups is 2. The van der Waals surface area contributed by atoms with E-state index in [0.29, 0.717) is 22.0 Å². The third-order valence-electron chi connectivity index (χ3n) is 5.11. The number of hydrogen-bond donors (Lipinski definition) is 1. The van der Waals surface area contributed by atoms with E-state index in [1.807, 2.05) is 19.1 Å². The van der Waals surface area contributed by atoms with Crippen LogP contribution >= 0.6 is 11.6 Å². The third kappa shape index (κ3) is 4.33. The Bertz CT molecular complexity index is 1270. The first-order valence-corrected chi connectivity index (χ1v) is 10.3. The Morgan fingerprint density at radius 3 is 2.61 bits per heavy atom. The Hall–Kier alpha value is -3.68. The second-order valence-electron chi connectivity index (χ2n) is 7.35. The number of nitrogens with one attached hydrogen (secondary N) is 1. The van der Waals surface area contributed by atoms with Crippen molar-refractivity contribution in [2.24, 2.45) is 0 Å². The Kier molecular flexibility index (Phi) is 6.18. The fraction of sp³-hybridized carbons (Fsp3) is 0.318. The number of halogens is 1. The molecule has 1 aliphatic rings. The van der Waals surface area contributed by atoms with Gasteiger partial charge in [-0.3, -0.25) is 14.2 Å². The van der Waals surface area contributed by atoms with Gasteiger partial charge in [-0.25, -0.2) is 15.0 Å². The third-order valence-corrected chi connectivity index (χ3v) is 5.52. The number of hydrogen-bond acceptors (Lipinski definition) is 9. The van der Waals surface area contributed by atoms with Gasteiger partial charge in [0.15, 0.2) is 41.5 Å². The number of fused-ring (bicyclic) bond motifs is 1. The highest BCUT2D eigenvalue weighted by Crippen LogP contribution is 2.36. The maximum absolute atomic E-state index is 11.8. The summed E-state index contributed by atoms with van der Waals surface area (Å²) in [4.78, 5) is 36.4. The predicted octanol–water partition coefficient (Wildman–Crippen LogP) is 2.93. The molecule has 33 heavy (non-hydrogen) atoms. The van der Waals surface area contributed by atoms with Gasteiger partial charge in [0.05, 0.1) is 6.33 Å². The molecule has 3 heterocycles. The molecule has 1 saturated heterocycles. The number of benzene rings is 1. The minimum Gasteiger partial charge on any atom is -0.455 e. The molecular weight excluding hydrogens is 450 g/mol. The van der Waals surface area contributed by atoms with Crippen LogP contribution in [-0.4, -0.2) is 49.8 Å². The molecule has 2 aromatic heterocycles. The van der Waals surface area contributed by atoms with Crippen molar-refractivity contribution in [3.05, 3.63) is 41.4 Å². The molecule has 170 valence electrons. The quantitative estimate of drug-likeness (QED) is 0.444. The maximum atomic E-state index is 11.8. The molecule has 10 nitrogen and oxygen atoms in total. The summed E-state index contributed by atoms with van der Waals surface area (Å²) in [6.45, 7) is 4.36. The lowest BCUT2D eigenvalue weighted by atomic mass is 10.1. The van der Waals surface area contributed by atoms with Gasteiger partial charge in [-0.2, -0.15) is 0 Å². The molecule has 1 fully saturated rings. The summed E-state index contributed by atoms with van der Waals surface area (Å²) in [5, 5.41) is 3.83. The molecule has 1 aliphatic heterocycles. The van der Waals surface area contributed by atoms with Crippen LogP contribution in [0.15, 0.2) is 30.9 Å². The van der Waals surface area contributed by atoms with Crippen LogP contribution in [0.4, 0.5) is 11.5 Å². The van der Waals surface area contributed by atoms with Crippen LogP contribution in [0.2, 0.25) is 5.02 Å². The molecule has 3 aromatic rings. The molecule has 4 unspecified atom stereocenters. The lowest BCUT2D eigenvalue weighted by Crippen LogP contribution is -2.38. The number of imidazole rings is 1. The number of rotatable bonds is 5. The number of terminal acetylenes is 1. The van der Waals surface area contributed by atoms with E-state index in [1.54, 1.807) is 10.6 Å². The fourth-order valence-corrected chi connectivity index (χ4v) is 3.81. The van der Waals surface area contributed by atoms with E-state index in [0.717, 1.165) is 11.3 Å². The molecule has 0 spiro atoms. The Morgan fingerprint density at radius 2 is 1.91 bits per heavy atom. The van der Waals surface area contributed by atoms with Crippen molar-refractivity contribution in [3.63, 3.8) is 0 Å². The number of esters is 2. The van der Waals surface area contributed by atoms with Gasteiger partial charge in [-0.15, -0.1) is 6.42 Å². The maximum Gasteiger partial charge on any atom is 0.303 e. The summed E-state index contributed by atoms with van der Waals surface area (Å²) in [5.74, 6) is 1.71. The van der Waals surface area contributed by atoms with Crippen molar-refractivity contribution in [2.45, 2.75) is 45.3 Å². The van der Waals surface area contributed by atoms with E-state index < -0.39 is 36.5 Å². The van der Waals surface area contributed by atoms with E-state index in [-0.39, 0.29) is 0 Å². The average Bonchev–Trinajstić information content (AvgIpc) is 3.33. The smallest absolute Gasteiger partial charge is 0.303 e. The summed E-state index contributed by atoms with van der Waals surface area (Å²) < 4.78 is 18.2. The Labute approximate surface area is 194 Å². The van der Waals surface area contributed by atoms with Gasteiger partial charge in [0, 0.05) is 24.6 Å². The molecule has 4 atom stereocenters. The molecule has 1 aromatic carbocycles. The van der Waals surface area contributed by atoms with Crippen molar-refractivity contribution in [1.29, 1.82) is 0 Å². The van der Waals surface area contributed by atoms with Gasteiger partial charge in [-0.1, -0.05) is 23.6 Å². The molecule has 0 radical (unpaired) electrons. The lowest BCUT2D eigenvalue weighted by Gasteiger charge is -2.23. The monoisotopic (exact) mass is 469 g/mol. The van der Waals surface area contributed by atoms with Crippen molar-refractivity contribution in [2.75, 3.05) is 5.32 Å². The first-order valence-electron chi connectivity index (χ1n) is 9.96. The zero-order chi connectivity index (χ0) is 23.7. The molecule has 0 aliphatic carbocycles. The molecule has 4 rings (SSSR count). The lowest BCUT2D eigenvalue weighted by molar-refractivity contribution is -0.165. The van der Waals surface area contributed by atoms with Crippen LogP contribution < -0.4 is 5.32 Å². The molecule has 11 heteroatoms. The Morgan fingerprint density at radius 1 is 1.18 bits per heavy atom. The number of nitrogens with zero attached hydrogens (tertiary/aromatic N) is 4. The molecule has 1 N–H and O–H groups in total. The van der Waals surface area contributed by atoms with E-state index in [1.165, 1.54) is 26.5 Å². The average molecular weight is 470 g/mol. The van der Waals surface area contributed by atoms with Crippen LogP contribution in [0.1, 0.15) is 25.6 Å². The molecule has 0 saturated carbocycles. The summed E-state index contributed by atoms with van der Waals surface area (Å²) in [6.07, 6.45) is 4.55. The first kappa shape index (κ1) is 22.5. The minimum atomic E-state index is -1.01.